The number of benzene rings is 1. The fourth-order valence-corrected chi connectivity index (χ4v) is 7.48. The van der Waals surface area contributed by atoms with Crippen molar-refractivity contribution in [3.05, 3.63) is 29.5 Å². The summed E-state index contributed by atoms with van der Waals surface area (Å²) in [4.78, 5) is 42.4. The van der Waals surface area contributed by atoms with Gasteiger partial charge in [-0.1, -0.05) is 19.8 Å². The van der Waals surface area contributed by atoms with Gasteiger partial charge in [-0.2, -0.15) is 4.98 Å². The van der Waals surface area contributed by atoms with Gasteiger partial charge >= 0.3 is 0 Å². The average molecular weight is 576 g/mol. The molecule has 4 aliphatic heterocycles. The van der Waals surface area contributed by atoms with Gasteiger partial charge in [0, 0.05) is 49.8 Å². The topological polar surface area (TPSA) is 112 Å². The maximum absolute atomic E-state index is 13.3. The lowest BCUT2D eigenvalue weighted by molar-refractivity contribution is -0.120. The summed E-state index contributed by atoms with van der Waals surface area (Å²) >= 11 is 0. The number of ether oxygens (including phenoxy) is 2. The van der Waals surface area contributed by atoms with E-state index in [0.29, 0.717) is 48.9 Å². The molecule has 0 spiro atoms. The van der Waals surface area contributed by atoms with Gasteiger partial charge in [0.2, 0.25) is 11.9 Å². The number of nitrogens with one attached hydrogen (secondary N) is 2. The normalized spacial score (nSPS) is 25.7. The molecule has 0 bridgehead atoms. The van der Waals surface area contributed by atoms with Gasteiger partial charge < -0.3 is 29.9 Å². The van der Waals surface area contributed by atoms with E-state index in [2.05, 4.69) is 32.3 Å². The van der Waals surface area contributed by atoms with Crippen molar-refractivity contribution >= 4 is 35.0 Å². The molecule has 5 aliphatic rings. The van der Waals surface area contributed by atoms with Gasteiger partial charge in [-0.05, 0) is 50.8 Å². The van der Waals surface area contributed by atoms with E-state index in [4.69, 9.17) is 14.5 Å². The third-order valence-corrected chi connectivity index (χ3v) is 9.71. The van der Waals surface area contributed by atoms with Gasteiger partial charge in [0.05, 0.1) is 31.2 Å². The highest BCUT2D eigenvalue weighted by atomic mass is 16.5. The van der Waals surface area contributed by atoms with Crippen LogP contribution in [0.15, 0.2) is 18.3 Å². The van der Waals surface area contributed by atoms with E-state index in [1.165, 1.54) is 25.7 Å². The first-order valence-electron chi connectivity index (χ1n) is 15.6. The monoisotopic (exact) mass is 575 g/mol. The number of fused-ring (bicyclic) bond motifs is 3. The van der Waals surface area contributed by atoms with Crippen LogP contribution in [0.2, 0.25) is 0 Å². The number of anilines is 4. The minimum atomic E-state index is -0.227. The molecule has 3 fully saturated rings. The quantitative estimate of drug-likeness (QED) is 0.514. The van der Waals surface area contributed by atoms with Gasteiger partial charge in [-0.15, -0.1) is 0 Å². The van der Waals surface area contributed by atoms with Crippen LogP contribution >= 0.6 is 0 Å². The summed E-state index contributed by atoms with van der Waals surface area (Å²) in [7, 11) is 1.81. The Morgan fingerprint density at radius 1 is 1.14 bits per heavy atom. The predicted molar refractivity (Wildman–Crippen MR) is 160 cm³/mol. The number of amides is 2. The molecule has 1 unspecified atom stereocenters. The Balaban J connectivity index is 1.10. The maximum Gasteiger partial charge on any atom is 0.251 e. The third-order valence-electron chi connectivity index (χ3n) is 9.71. The first-order chi connectivity index (χ1) is 20.5. The molecule has 2 amide bonds. The zero-order chi connectivity index (χ0) is 28.8. The molecule has 1 saturated carbocycles. The summed E-state index contributed by atoms with van der Waals surface area (Å²) < 4.78 is 12.1. The van der Waals surface area contributed by atoms with Crippen LogP contribution in [0.25, 0.3) is 0 Å². The summed E-state index contributed by atoms with van der Waals surface area (Å²) in [6.07, 6.45) is 10.0. The summed E-state index contributed by atoms with van der Waals surface area (Å²) in [5.74, 6) is 1.90. The molecule has 1 aromatic carbocycles. The molecule has 1 aromatic heterocycles. The smallest absolute Gasteiger partial charge is 0.251 e. The number of morpholine rings is 1. The van der Waals surface area contributed by atoms with Gasteiger partial charge in [-0.3, -0.25) is 14.5 Å². The molecule has 42 heavy (non-hydrogen) atoms. The molecular formula is C31H41N7O4. The number of aromatic nitrogens is 2. The van der Waals surface area contributed by atoms with E-state index >= 15 is 0 Å². The Hall–Kier alpha value is -3.44. The standard InChI is InChI=1S/C31H41N7O4/c1-3-25-30(40)36(2)26-16-33-31(35-28(26)38(25)19-7-4-5-8-19)34-24-11-10-23(22-12-14-41-27(22)24)29(39)32-15-21-17-37-13-6-9-20(37)18-42-21/h10-11,16,19-21,25H,3-9,12-15,17-18H2,1-2H3,(H,32,39)(H,33,34,35)/t20?,21-,25-/m1/s1. The van der Waals surface area contributed by atoms with Crippen molar-refractivity contribution < 1.29 is 19.1 Å². The van der Waals surface area contributed by atoms with Crippen LogP contribution in [-0.2, 0) is 16.0 Å². The van der Waals surface area contributed by atoms with E-state index in [0.717, 1.165) is 61.7 Å². The van der Waals surface area contributed by atoms with Crippen molar-refractivity contribution in [3.8, 4) is 5.75 Å². The highest BCUT2D eigenvalue weighted by molar-refractivity contribution is 6.04. The SMILES string of the molecule is CC[C@@H]1C(=O)N(C)c2cnc(Nc3ccc(C(=O)NC[C@@H]4CN5CCCC5CO4)c4c3OCC4)nc2N1C1CCCC1. The molecule has 3 atom stereocenters. The van der Waals surface area contributed by atoms with Crippen molar-refractivity contribution in [1.29, 1.82) is 0 Å². The predicted octanol–water partition coefficient (Wildman–Crippen LogP) is 3.25. The van der Waals surface area contributed by atoms with E-state index in [1.54, 1.807) is 18.1 Å². The molecule has 1 aliphatic carbocycles. The molecule has 7 rings (SSSR count). The minimum Gasteiger partial charge on any atom is -0.491 e. The number of nitrogens with zero attached hydrogens (tertiary/aromatic N) is 5. The zero-order valence-electron chi connectivity index (χ0n) is 24.6. The molecule has 2 N–H and O–H groups in total. The van der Waals surface area contributed by atoms with Gasteiger partial charge in [0.25, 0.3) is 5.91 Å². The summed E-state index contributed by atoms with van der Waals surface area (Å²) in [6, 6.07) is 4.34. The van der Waals surface area contributed by atoms with Crippen molar-refractivity contribution in [3.63, 3.8) is 0 Å². The van der Waals surface area contributed by atoms with Gasteiger partial charge in [0.1, 0.15) is 17.5 Å². The lowest BCUT2D eigenvalue weighted by Gasteiger charge is -2.43. The average Bonchev–Trinajstić information content (AvgIpc) is 3.80. The number of hydrogen-bond acceptors (Lipinski definition) is 9. The number of likely N-dealkylation sites (N-methyl/N-ethyl adjacent to an activating group) is 1. The fraction of sp³-hybridized carbons (Fsp3) is 0.613. The van der Waals surface area contributed by atoms with Crippen LogP contribution in [0.4, 0.5) is 23.1 Å². The zero-order valence-corrected chi connectivity index (χ0v) is 24.6. The molecule has 5 heterocycles. The molecule has 224 valence electrons. The summed E-state index contributed by atoms with van der Waals surface area (Å²) in [6.45, 7) is 5.82. The highest BCUT2D eigenvalue weighted by Crippen LogP contribution is 2.41. The largest absolute Gasteiger partial charge is 0.491 e. The van der Waals surface area contributed by atoms with Crippen molar-refractivity contribution in [2.24, 2.45) is 0 Å². The maximum atomic E-state index is 13.3. The second-order valence-corrected chi connectivity index (χ2v) is 12.2. The fourth-order valence-electron chi connectivity index (χ4n) is 7.48. The first-order valence-corrected chi connectivity index (χ1v) is 15.6. The van der Waals surface area contributed by atoms with Crippen LogP contribution in [0.3, 0.4) is 0 Å². The second kappa shape index (κ2) is 11.3. The minimum absolute atomic E-state index is 0.0140. The molecular weight excluding hydrogens is 534 g/mol. The van der Waals surface area contributed by atoms with Crippen LogP contribution in [0.5, 0.6) is 5.75 Å². The van der Waals surface area contributed by atoms with E-state index < -0.39 is 0 Å². The summed E-state index contributed by atoms with van der Waals surface area (Å²) in [5.41, 5.74) is 2.99. The third kappa shape index (κ3) is 4.86. The Labute approximate surface area is 246 Å². The van der Waals surface area contributed by atoms with Crippen molar-refractivity contribution in [2.45, 2.75) is 82.5 Å². The molecule has 11 nitrogen and oxygen atoms in total. The second-order valence-electron chi connectivity index (χ2n) is 12.2. The van der Waals surface area contributed by atoms with Gasteiger partial charge in [0.15, 0.2) is 5.82 Å². The Bertz CT molecular complexity index is 1360. The molecule has 11 heteroatoms. The lowest BCUT2D eigenvalue weighted by Crippen LogP contribution is -2.55. The molecule has 0 radical (unpaired) electrons. The van der Waals surface area contributed by atoms with Crippen molar-refractivity contribution in [1.82, 2.24) is 20.2 Å². The van der Waals surface area contributed by atoms with E-state index in [1.807, 2.05) is 12.1 Å². The van der Waals surface area contributed by atoms with Crippen LogP contribution in [-0.4, -0.2) is 90.8 Å². The van der Waals surface area contributed by atoms with Crippen LogP contribution in [0, 0.1) is 0 Å². The highest BCUT2D eigenvalue weighted by Gasteiger charge is 2.41. The van der Waals surface area contributed by atoms with Crippen LogP contribution < -0.4 is 25.2 Å². The summed E-state index contributed by atoms with van der Waals surface area (Å²) in [5, 5.41) is 6.46. The Morgan fingerprint density at radius 3 is 2.81 bits per heavy atom. The number of carbonyl (C=O) groups excluding carboxylic acids is 2. The van der Waals surface area contributed by atoms with Crippen molar-refractivity contribution in [2.75, 3.05) is 55.0 Å². The van der Waals surface area contributed by atoms with E-state index in [-0.39, 0.29) is 24.0 Å². The number of rotatable bonds is 7. The number of carbonyl (C=O) groups is 2. The van der Waals surface area contributed by atoms with E-state index in [9.17, 15) is 9.59 Å². The van der Waals surface area contributed by atoms with Crippen LogP contribution in [0.1, 0.15) is 67.8 Å². The molecule has 2 saturated heterocycles. The Morgan fingerprint density at radius 2 is 1.98 bits per heavy atom. The first kappa shape index (κ1) is 27.4. The molecule has 2 aromatic rings. The van der Waals surface area contributed by atoms with Gasteiger partial charge in [-0.25, -0.2) is 4.98 Å². The Kier molecular flexibility index (Phi) is 7.39. The lowest BCUT2D eigenvalue weighted by atomic mass is 10.0. The number of hydrogen-bond donors (Lipinski definition) is 2.